The summed E-state index contributed by atoms with van der Waals surface area (Å²) in [6.07, 6.45) is 67.5. The fourth-order valence-electron chi connectivity index (χ4n) is 8.69. The Morgan fingerprint density at radius 2 is 0.537 bits per heavy atom. The van der Waals surface area contributed by atoms with Crippen molar-refractivity contribution in [1.82, 2.24) is 0 Å². The summed E-state index contributed by atoms with van der Waals surface area (Å²) in [5.41, 5.74) is 0. The van der Waals surface area contributed by atoms with Crippen molar-refractivity contribution in [3.8, 4) is 0 Å². The molecule has 1 atom stereocenters. The molecule has 0 N–H and O–H groups in total. The zero-order valence-electron chi connectivity index (χ0n) is 44.9. The molecule has 0 aromatic carbocycles. The summed E-state index contributed by atoms with van der Waals surface area (Å²) in [6, 6.07) is 0. The Hall–Kier alpha value is -2.37. The third kappa shape index (κ3) is 54.4. The molecule has 6 nitrogen and oxygen atoms in total. The summed E-state index contributed by atoms with van der Waals surface area (Å²) < 4.78 is 16.8. The Bertz CT molecular complexity index is 1130. The third-order valence-electron chi connectivity index (χ3n) is 13.1. The molecule has 6 heteroatoms. The zero-order chi connectivity index (χ0) is 48.6. The monoisotopic (exact) mass is 941 g/mol. The third-order valence-corrected chi connectivity index (χ3v) is 13.1. The van der Waals surface area contributed by atoms with E-state index in [1.165, 1.54) is 205 Å². The summed E-state index contributed by atoms with van der Waals surface area (Å²) in [4.78, 5) is 37.9. The van der Waals surface area contributed by atoms with Crippen LogP contribution in [0, 0.1) is 0 Å². The quantitative estimate of drug-likeness (QED) is 0.0262. The number of carbonyl (C=O) groups excluding carboxylic acids is 3. The Morgan fingerprint density at radius 1 is 0.299 bits per heavy atom. The van der Waals surface area contributed by atoms with Crippen LogP contribution in [-0.2, 0) is 28.6 Å². The SMILES string of the molecule is CCCCCCC/C=C\C/C=C\C/C=C\CCCCCCCCCCCCCCC(=O)OCC(COC(=O)CCCCCCCC)OC(=O)CCCCCCCCCCCCCCCCCC. The van der Waals surface area contributed by atoms with Gasteiger partial charge in [0.15, 0.2) is 6.10 Å². The van der Waals surface area contributed by atoms with Gasteiger partial charge in [-0.2, -0.15) is 0 Å². The van der Waals surface area contributed by atoms with Crippen LogP contribution in [0.3, 0.4) is 0 Å². The molecule has 0 aliphatic rings. The van der Waals surface area contributed by atoms with E-state index in [1.54, 1.807) is 0 Å². The van der Waals surface area contributed by atoms with E-state index in [9.17, 15) is 14.4 Å². The van der Waals surface area contributed by atoms with Crippen molar-refractivity contribution in [2.45, 2.75) is 322 Å². The molecule has 0 aliphatic carbocycles. The molecule has 1 unspecified atom stereocenters. The first kappa shape index (κ1) is 64.6. The molecule has 0 heterocycles. The van der Waals surface area contributed by atoms with E-state index in [0.29, 0.717) is 19.3 Å². The Labute approximate surface area is 416 Å². The van der Waals surface area contributed by atoms with E-state index in [1.807, 2.05) is 0 Å². The number of carbonyl (C=O) groups is 3. The maximum atomic E-state index is 12.8. The molecule has 0 saturated heterocycles. The summed E-state index contributed by atoms with van der Waals surface area (Å²) in [6.45, 7) is 6.61. The van der Waals surface area contributed by atoms with Crippen LogP contribution in [0.5, 0.6) is 0 Å². The molecule has 67 heavy (non-hydrogen) atoms. The molecule has 0 aromatic heterocycles. The number of unbranched alkanes of at least 4 members (excludes halogenated alkanes) is 37. The second-order valence-electron chi connectivity index (χ2n) is 19.9. The summed E-state index contributed by atoms with van der Waals surface area (Å²) in [5, 5.41) is 0. The fraction of sp³-hybridized carbons (Fsp3) is 0.852. The zero-order valence-corrected chi connectivity index (χ0v) is 44.9. The fourth-order valence-corrected chi connectivity index (χ4v) is 8.69. The topological polar surface area (TPSA) is 78.9 Å². The second-order valence-corrected chi connectivity index (χ2v) is 19.9. The van der Waals surface area contributed by atoms with Crippen molar-refractivity contribution < 1.29 is 28.6 Å². The van der Waals surface area contributed by atoms with E-state index >= 15 is 0 Å². The van der Waals surface area contributed by atoms with Gasteiger partial charge in [-0.15, -0.1) is 0 Å². The molecule has 0 spiro atoms. The van der Waals surface area contributed by atoms with Gasteiger partial charge in [-0.25, -0.2) is 0 Å². The van der Waals surface area contributed by atoms with Gasteiger partial charge in [0.25, 0.3) is 0 Å². The van der Waals surface area contributed by atoms with Crippen molar-refractivity contribution in [3.63, 3.8) is 0 Å². The van der Waals surface area contributed by atoms with Crippen LogP contribution in [-0.4, -0.2) is 37.2 Å². The second kappa shape index (κ2) is 56.2. The molecular formula is C61H112O6. The van der Waals surface area contributed by atoms with Crippen molar-refractivity contribution in [1.29, 1.82) is 0 Å². The first-order valence-corrected chi connectivity index (χ1v) is 29.5. The average Bonchev–Trinajstić information content (AvgIpc) is 3.33. The van der Waals surface area contributed by atoms with E-state index < -0.39 is 6.10 Å². The molecule has 0 radical (unpaired) electrons. The van der Waals surface area contributed by atoms with Crippen LogP contribution in [0.25, 0.3) is 0 Å². The van der Waals surface area contributed by atoms with Crippen LogP contribution >= 0.6 is 0 Å². The maximum absolute atomic E-state index is 12.8. The predicted octanol–water partition coefficient (Wildman–Crippen LogP) is 19.7. The maximum Gasteiger partial charge on any atom is 0.306 e. The number of hydrogen-bond donors (Lipinski definition) is 0. The van der Waals surface area contributed by atoms with Crippen LogP contribution in [0.15, 0.2) is 36.5 Å². The highest BCUT2D eigenvalue weighted by molar-refractivity contribution is 5.71. The minimum absolute atomic E-state index is 0.0689. The minimum atomic E-state index is -0.766. The average molecular weight is 942 g/mol. The summed E-state index contributed by atoms with van der Waals surface area (Å²) >= 11 is 0. The van der Waals surface area contributed by atoms with Crippen molar-refractivity contribution in [2.75, 3.05) is 13.2 Å². The van der Waals surface area contributed by atoms with E-state index in [2.05, 4.69) is 57.2 Å². The smallest absolute Gasteiger partial charge is 0.306 e. The first-order chi connectivity index (χ1) is 33.0. The molecule has 0 aliphatic heterocycles. The molecule has 0 fully saturated rings. The molecular weight excluding hydrogens is 829 g/mol. The Kier molecular flexibility index (Phi) is 54.2. The van der Waals surface area contributed by atoms with Gasteiger partial charge in [-0.1, -0.05) is 276 Å². The van der Waals surface area contributed by atoms with Gasteiger partial charge in [-0.05, 0) is 57.8 Å². The molecule has 0 bridgehead atoms. The van der Waals surface area contributed by atoms with Gasteiger partial charge in [-0.3, -0.25) is 14.4 Å². The van der Waals surface area contributed by atoms with Gasteiger partial charge in [0.05, 0.1) is 0 Å². The summed E-state index contributed by atoms with van der Waals surface area (Å²) in [7, 11) is 0. The number of rotatable bonds is 54. The predicted molar refractivity (Wildman–Crippen MR) is 289 cm³/mol. The van der Waals surface area contributed by atoms with Gasteiger partial charge in [0.2, 0.25) is 0 Å². The van der Waals surface area contributed by atoms with Crippen LogP contribution in [0.2, 0.25) is 0 Å². The lowest BCUT2D eigenvalue weighted by Crippen LogP contribution is -2.30. The lowest BCUT2D eigenvalue weighted by molar-refractivity contribution is -0.167. The van der Waals surface area contributed by atoms with E-state index in [4.69, 9.17) is 14.2 Å². The highest BCUT2D eigenvalue weighted by atomic mass is 16.6. The van der Waals surface area contributed by atoms with Crippen molar-refractivity contribution in [3.05, 3.63) is 36.5 Å². The van der Waals surface area contributed by atoms with E-state index in [-0.39, 0.29) is 31.1 Å². The Morgan fingerprint density at radius 3 is 0.836 bits per heavy atom. The lowest BCUT2D eigenvalue weighted by Gasteiger charge is -2.18. The van der Waals surface area contributed by atoms with Crippen LogP contribution in [0.4, 0.5) is 0 Å². The number of hydrogen-bond acceptors (Lipinski definition) is 6. The minimum Gasteiger partial charge on any atom is -0.462 e. The van der Waals surface area contributed by atoms with Crippen LogP contribution in [0.1, 0.15) is 316 Å². The van der Waals surface area contributed by atoms with E-state index in [0.717, 1.165) is 70.6 Å². The largest absolute Gasteiger partial charge is 0.462 e. The van der Waals surface area contributed by atoms with Gasteiger partial charge >= 0.3 is 17.9 Å². The number of ether oxygens (including phenoxy) is 3. The highest BCUT2D eigenvalue weighted by Crippen LogP contribution is 2.17. The molecule has 392 valence electrons. The lowest BCUT2D eigenvalue weighted by atomic mass is 10.0. The summed E-state index contributed by atoms with van der Waals surface area (Å²) in [5.74, 6) is -0.863. The normalized spacial score (nSPS) is 12.2. The van der Waals surface area contributed by atoms with Gasteiger partial charge in [0.1, 0.15) is 13.2 Å². The van der Waals surface area contributed by atoms with Gasteiger partial charge in [0, 0.05) is 19.3 Å². The number of esters is 3. The van der Waals surface area contributed by atoms with Crippen molar-refractivity contribution in [2.24, 2.45) is 0 Å². The molecule has 0 aromatic rings. The standard InChI is InChI=1S/C61H112O6/c1-4-7-10-13-16-18-20-22-24-26-27-28-29-30-31-32-33-34-35-36-38-39-41-43-45-48-51-54-60(63)66-57-58(56-65-59(62)53-50-47-15-12-9-6-3)67-61(64)55-52-49-46-44-42-40-37-25-23-21-19-17-14-11-8-5-2/h20,22,26-27,29-30,58H,4-19,21,23-25,28,31-57H2,1-3H3/b22-20-,27-26-,30-29-. The molecule has 0 rings (SSSR count). The molecule has 0 saturated carbocycles. The number of allylic oxidation sites excluding steroid dienone is 6. The Balaban J connectivity index is 4.06. The van der Waals surface area contributed by atoms with Crippen LogP contribution < -0.4 is 0 Å². The highest BCUT2D eigenvalue weighted by Gasteiger charge is 2.19. The van der Waals surface area contributed by atoms with Gasteiger partial charge < -0.3 is 14.2 Å². The molecule has 0 amide bonds. The first-order valence-electron chi connectivity index (χ1n) is 29.5. The van der Waals surface area contributed by atoms with Crippen molar-refractivity contribution >= 4 is 17.9 Å².